The van der Waals surface area contributed by atoms with E-state index in [2.05, 4.69) is 15.3 Å². The van der Waals surface area contributed by atoms with Crippen molar-refractivity contribution < 1.29 is 13.9 Å². The van der Waals surface area contributed by atoms with Crippen LogP contribution in [-0.2, 0) is 0 Å². The first kappa shape index (κ1) is 15.5. The summed E-state index contributed by atoms with van der Waals surface area (Å²) in [5.41, 5.74) is 1.79. The molecule has 0 saturated carbocycles. The van der Waals surface area contributed by atoms with Crippen LogP contribution in [0.1, 0.15) is 34.8 Å². The highest BCUT2D eigenvalue weighted by molar-refractivity contribution is 5.97. The highest BCUT2D eigenvalue weighted by Gasteiger charge is 2.23. The maximum absolute atomic E-state index is 14.3. The zero-order chi connectivity index (χ0) is 17.2. The average molecular weight is 337 g/mol. The number of benzene rings is 2. The van der Waals surface area contributed by atoms with Crippen molar-refractivity contribution in [1.29, 1.82) is 0 Å². The molecule has 5 nitrogen and oxygen atoms in total. The third kappa shape index (κ3) is 3.03. The number of fused-ring (bicyclic) bond motifs is 2. The second-order valence-electron chi connectivity index (χ2n) is 5.93. The normalized spacial score (nSPS) is 16.6. The fourth-order valence-electron chi connectivity index (χ4n) is 3.07. The molecule has 1 N–H and O–H groups in total. The molecule has 2 heterocycles. The molecule has 0 aliphatic carbocycles. The number of ether oxygens (including phenoxy) is 1. The van der Waals surface area contributed by atoms with Gasteiger partial charge in [-0.2, -0.15) is 0 Å². The van der Waals surface area contributed by atoms with E-state index in [4.69, 9.17) is 4.74 Å². The molecular weight excluding hydrogens is 321 g/mol. The van der Waals surface area contributed by atoms with Gasteiger partial charge in [0.25, 0.3) is 5.91 Å². The number of nitrogens with one attached hydrogen (secondary N) is 1. The largest absolute Gasteiger partial charge is 0.493 e. The molecular formula is C19H16FN3O2. The molecule has 1 aliphatic heterocycles. The molecule has 1 aromatic heterocycles. The minimum absolute atomic E-state index is 0.0318. The topological polar surface area (TPSA) is 64.1 Å². The molecule has 0 bridgehead atoms. The zero-order valence-corrected chi connectivity index (χ0v) is 13.4. The number of aromatic nitrogens is 2. The third-order valence-corrected chi connectivity index (χ3v) is 4.30. The fourth-order valence-corrected chi connectivity index (χ4v) is 3.07. The van der Waals surface area contributed by atoms with E-state index in [-0.39, 0.29) is 11.6 Å². The number of carbonyl (C=O) groups is 1. The molecule has 3 aromatic rings. The van der Waals surface area contributed by atoms with Gasteiger partial charge in [-0.3, -0.25) is 14.8 Å². The van der Waals surface area contributed by atoms with Crippen molar-refractivity contribution in [3.8, 4) is 5.75 Å². The average Bonchev–Trinajstić information content (AvgIpc) is 2.83. The first-order valence-corrected chi connectivity index (χ1v) is 8.15. The lowest BCUT2D eigenvalue weighted by atomic mass is 10.0. The van der Waals surface area contributed by atoms with Crippen LogP contribution in [-0.4, -0.2) is 22.5 Å². The van der Waals surface area contributed by atoms with Crippen molar-refractivity contribution in [2.75, 3.05) is 6.61 Å². The molecule has 0 spiro atoms. The lowest BCUT2D eigenvalue weighted by Crippen LogP contribution is -2.29. The van der Waals surface area contributed by atoms with Gasteiger partial charge < -0.3 is 10.1 Å². The lowest BCUT2D eigenvalue weighted by molar-refractivity contribution is 0.0931. The Morgan fingerprint density at radius 3 is 2.76 bits per heavy atom. The van der Waals surface area contributed by atoms with E-state index in [1.165, 1.54) is 24.5 Å². The zero-order valence-electron chi connectivity index (χ0n) is 13.4. The van der Waals surface area contributed by atoms with Gasteiger partial charge >= 0.3 is 0 Å². The van der Waals surface area contributed by atoms with Crippen molar-refractivity contribution >= 4 is 16.9 Å². The van der Waals surface area contributed by atoms with Crippen molar-refractivity contribution in [3.05, 3.63) is 65.7 Å². The van der Waals surface area contributed by atoms with Crippen LogP contribution in [0.15, 0.2) is 48.8 Å². The summed E-state index contributed by atoms with van der Waals surface area (Å²) in [6.07, 6.45) is 4.55. The predicted octanol–water partition coefficient (Wildman–Crippen LogP) is 3.41. The van der Waals surface area contributed by atoms with E-state index >= 15 is 0 Å². The van der Waals surface area contributed by atoms with Gasteiger partial charge in [0, 0.05) is 24.0 Å². The van der Waals surface area contributed by atoms with Gasteiger partial charge in [-0.05, 0) is 25.0 Å². The lowest BCUT2D eigenvalue weighted by Gasteiger charge is -2.18. The quantitative estimate of drug-likeness (QED) is 0.778. The number of hydrogen-bond donors (Lipinski definition) is 1. The summed E-state index contributed by atoms with van der Waals surface area (Å²) in [6, 6.07) is 10.1. The Hall–Kier alpha value is -3.02. The van der Waals surface area contributed by atoms with Crippen molar-refractivity contribution in [2.24, 2.45) is 0 Å². The molecule has 1 amide bonds. The van der Waals surface area contributed by atoms with Crippen LogP contribution in [0.25, 0.3) is 11.0 Å². The number of carbonyl (C=O) groups excluding carboxylic acids is 1. The first-order valence-electron chi connectivity index (χ1n) is 8.15. The number of amides is 1. The minimum Gasteiger partial charge on any atom is -0.493 e. The highest BCUT2D eigenvalue weighted by Crippen LogP contribution is 2.31. The first-order chi connectivity index (χ1) is 12.2. The van der Waals surface area contributed by atoms with Gasteiger partial charge in [0.1, 0.15) is 11.6 Å². The van der Waals surface area contributed by atoms with Crippen molar-refractivity contribution in [1.82, 2.24) is 15.3 Å². The molecule has 4 rings (SSSR count). The van der Waals surface area contributed by atoms with Gasteiger partial charge in [0.2, 0.25) is 0 Å². The van der Waals surface area contributed by atoms with Crippen LogP contribution in [0.4, 0.5) is 4.39 Å². The van der Waals surface area contributed by atoms with E-state index < -0.39 is 11.7 Å². The summed E-state index contributed by atoms with van der Waals surface area (Å²) < 4.78 is 20.1. The second kappa shape index (κ2) is 6.47. The maximum Gasteiger partial charge on any atom is 0.254 e. The van der Waals surface area contributed by atoms with Crippen LogP contribution in [0, 0.1) is 5.82 Å². The molecule has 0 saturated heterocycles. The number of hydrogen-bond acceptors (Lipinski definition) is 4. The Labute approximate surface area is 143 Å². The minimum atomic E-state index is -0.608. The maximum atomic E-state index is 14.3. The molecule has 0 radical (unpaired) electrons. The van der Waals surface area contributed by atoms with Crippen molar-refractivity contribution in [3.63, 3.8) is 0 Å². The van der Waals surface area contributed by atoms with Crippen LogP contribution < -0.4 is 10.1 Å². The summed E-state index contributed by atoms with van der Waals surface area (Å²) in [6.45, 7) is 0.601. The molecule has 0 fully saturated rings. The van der Waals surface area contributed by atoms with E-state index in [1.54, 1.807) is 0 Å². The van der Waals surface area contributed by atoms with E-state index in [1.807, 2.05) is 24.3 Å². The summed E-state index contributed by atoms with van der Waals surface area (Å²) in [5.74, 6) is -0.314. The number of para-hydroxylation sites is 1. The fraction of sp³-hybridized carbons (Fsp3) is 0.211. The van der Waals surface area contributed by atoms with Crippen molar-refractivity contribution in [2.45, 2.75) is 18.9 Å². The highest BCUT2D eigenvalue weighted by atomic mass is 19.1. The van der Waals surface area contributed by atoms with Crippen LogP contribution in [0.3, 0.4) is 0 Å². The molecule has 1 aliphatic rings. The number of nitrogens with zero attached hydrogens (tertiary/aromatic N) is 2. The summed E-state index contributed by atoms with van der Waals surface area (Å²) in [7, 11) is 0. The second-order valence-corrected chi connectivity index (χ2v) is 5.93. The Bertz CT molecular complexity index is 945. The standard InChI is InChI=1S/C19H16FN3O2/c20-14-11-17-16(21-7-8-22-17)10-13(14)19(24)23-15-5-3-9-25-18-6-2-1-4-12(15)18/h1-2,4,6-8,10-11,15H,3,5,9H2,(H,23,24)/t15-/m0/s1. The monoisotopic (exact) mass is 337 g/mol. The van der Waals surface area contributed by atoms with Crippen LogP contribution in [0.2, 0.25) is 0 Å². The molecule has 25 heavy (non-hydrogen) atoms. The van der Waals surface area contributed by atoms with E-state index in [9.17, 15) is 9.18 Å². The molecule has 1 atom stereocenters. The number of rotatable bonds is 2. The Kier molecular flexibility index (Phi) is 4.01. The smallest absolute Gasteiger partial charge is 0.254 e. The van der Waals surface area contributed by atoms with E-state index in [0.29, 0.717) is 17.6 Å². The molecule has 2 aromatic carbocycles. The molecule has 0 unspecified atom stereocenters. The Balaban J connectivity index is 1.65. The van der Waals surface area contributed by atoms with Gasteiger partial charge in [-0.15, -0.1) is 0 Å². The number of halogens is 1. The van der Waals surface area contributed by atoms with E-state index in [0.717, 1.165) is 24.2 Å². The Morgan fingerprint density at radius 2 is 1.92 bits per heavy atom. The Morgan fingerprint density at radius 1 is 1.16 bits per heavy atom. The summed E-state index contributed by atoms with van der Waals surface area (Å²) >= 11 is 0. The molecule has 6 heteroatoms. The predicted molar refractivity (Wildman–Crippen MR) is 90.9 cm³/mol. The van der Waals surface area contributed by atoms with Crippen LogP contribution in [0.5, 0.6) is 5.75 Å². The van der Waals surface area contributed by atoms with Crippen LogP contribution >= 0.6 is 0 Å². The summed E-state index contributed by atoms with van der Waals surface area (Å²) in [5, 5.41) is 2.93. The van der Waals surface area contributed by atoms with Gasteiger partial charge in [0.05, 0.1) is 29.2 Å². The van der Waals surface area contributed by atoms with Gasteiger partial charge in [-0.25, -0.2) is 4.39 Å². The SMILES string of the molecule is O=C(N[C@H]1CCCOc2ccccc21)c1cc2nccnc2cc1F. The third-order valence-electron chi connectivity index (χ3n) is 4.30. The molecule has 126 valence electrons. The van der Waals surface area contributed by atoms with Gasteiger partial charge in [-0.1, -0.05) is 18.2 Å². The van der Waals surface area contributed by atoms with Gasteiger partial charge in [0.15, 0.2) is 0 Å². The summed E-state index contributed by atoms with van der Waals surface area (Å²) in [4.78, 5) is 20.8.